The molecule has 0 fully saturated rings. The Hall–Kier alpha value is -1.38. The van der Waals surface area contributed by atoms with Crippen LogP contribution in [-0.4, -0.2) is 33.9 Å². The van der Waals surface area contributed by atoms with E-state index in [1.165, 1.54) is 6.07 Å². The molecule has 0 atom stereocenters. The molecule has 1 aromatic heterocycles. The summed E-state index contributed by atoms with van der Waals surface area (Å²) in [5, 5.41) is 8.16. The van der Waals surface area contributed by atoms with E-state index < -0.39 is 11.4 Å². The number of halogens is 3. The van der Waals surface area contributed by atoms with E-state index in [2.05, 4.69) is 15.5 Å². The number of amides is 1. The molecule has 0 aliphatic heterocycles. The molecule has 0 saturated heterocycles. The molecule has 0 unspecified atom stereocenters. The monoisotopic (exact) mass is 254 g/mol. The van der Waals surface area contributed by atoms with Crippen LogP contribution in [0.15, 0.2) is 6.07 Å². The molecule has 0 saturated carbocycles. The largest absolute Gasteiger partial charge is 0.441 e. The zero-order chi connectivity index (χ0) is 12.2. The fraction of sp³-hybridized carbons (Fsp3) is 0.429. The van der Waals surface area contributed by atoms with Gasteiger partial charge < -0.3 is 11.1 Å². The number of carbonyl (C=O) groups is 1. The highest BCUT2D eigenvalue weighted by atomic mass is 32.2. The van der Waals surface area contributed by atoms with Crippen LogP contribution in [0.25, 0.3) is 0 Å². The molecule has 1 aromatic rings. The van der Waals surface area contributed by atoms with Crippen LogP contribution >= 0.6 is 11.8 Å². The van der Waals surface area contributed by atoms with E-state index in [1.54, 1.807) is 0 Å². The number of nitrogens with one attached hydrogen (secondary N) is 2. The van der Waals surface area contributed by atoms with Gasteiger partial charge in [-0.1, -0.05) is 0 Å². The zero-order valence-electron chi connectivity index (χ0n) is 7.97. The number of aromatic nitrogens is 2. The van der Waals surface area contributed by atoms with Crippen molar-refractivity contribution in [3.63, 3.8) is 0 Å². The molecule has 4 N–H and O–H groups in total. The second-order valence-electron chi connectivity index (χ2n) is 2.76. The van der Waals surface area contributed by atoms with Crippen LogP contribution in [0.1, 0.15) is 10.5 Å². The van der Waals surface area contributed by atoms with Crippen molar-refractivity contribution in [1.82, 2.24) is 15.5 Å². The lowest BCUT2D eigenvalue weighted by Crippen LogP contribution is -2.26. The minimum absolute atomic E-state index is 0.0814. The molecule has 1 amide bonds. The molecule has 9 heteroatoms. The normalized spacial score (nSPS) is 11.4. The molecular formula is C7H9F3N4OS. The second-order valence-corrected chi connectivity index (χ2v) is 3.92. The molecular weight excluding hydrogens is 245 g/mol. The molecule has 16 heavy (non-hydrogen) atoms. The van der Waals surface area contributed by atoms with Crippen LogP contribution < -0.4 is 11.1 Å². The van der Waals surface area contributed by atoms with Gasteiger partial charge in [-0.25, -0.2) is 0 Å². The van der Waals surface area contributed by atoms with Crippen LogP contribution in [0.3, 0.4) is 0 Å². The predicted molar refractivity (Wildman–Crippen MR) is 53.8 cm³/mol. The van der Waals surface area contributed by atoms with Gasteiger partial charge in [-0.3, -0.25) is 9.89 Å². The van der Waals surface area contributed by atoms with Crippen LogP contribution in [0.2, 0.25) is 0 Å². The minimum Gasteiger partial charge on any atom is -0.382 e. The van der Waals surface area contributed by atoms with Gasteiger partial charge in [0.1, 0.15) is 11.5 Å². The molecule has 0 radical (unpaired) electrons. The van der Waals surface area contributed by atoms with Crippen molar-refractivity contribution in [2.75, 3.05) is 18.0 Å². The fourth-order valence-corrected chi connectivity index (χ4v) is 1.32. The smallest absolute Gasteiger partial charge is 0.382 e. The molecule has 0 aromatic carbocycles. The van der Waals surface area contributed by atoms with Crippen molar-refractivity contribution in [3.8, 4) is 0 Å². The molecule has 90 valence electrons. The fourth-order valence-electron chi connectivity index (χ4n) is 0.880. The van der Waals surface area contributed by atoms with Crippen molar-refractivity contribution >= 4 is 23.5 Å². The Morgan fingerprint density at radius 2 is 2.31 bits per heavy atom. The molecule has 0 spiro atoms. The van der Waals surface area contributed by atoms with Gasteiger partial charge in [-0.2, -0.15) is 18.3 Å². The van der Waals surface area contributed by atoms with Gasteiger partial charge in [0.05, 0.1) is 0 Å². The molecule has 0 bridgehead atoms. The summed E-state index contributed by atoms with van der Waals surface area (Å²) < 4.78 is 35.2. The Morgan fingerprint density at radius 1 is 1.62 bits per heavy atom. The number of hydrogen-bond donors (Lipinski definition) is 3. The summed E-state index contributed by atoms with van der Waals surface area (Å²) in [6.45, 7) is -0.0814. The molecule has 5 nitrogen and oxygen atoms in total. The first kappa shape index (κ1) is 12.7. The van der Waals surface area contributed by atoms with Gasteiger partial charge in [-0.15, -0.1) is 0 Å². The average Bonchev–Trinajstić information content (AvgIpc) is 2.57. The molecule has 1 heterocycles. The average molecular weight is 254 g/mol. The van der Waals surface area contributed by atoms with Crippen LogP contribution in [-0.2, 0) is 0 Å². The second kappa shape index (κ2) is 5.10. The number of nitrogens with zero attached hydrogens (tertiary/aromatic N) is 1. The van der Waals surface area contributed by atoms with E-state index in [1.807, 2.05) is 0 Å². The number of nitrogen functional groups attached to an aromatic ring is 1. The quantitative estimate of drug-likeness (QED) is 0.699. The maximum absolute atomic E-state index is 11.7. The van der Waals surface area contributed by atoms with Crippen molar-refractivity contribution < 1.29 is 18.0 Å². The van der Waals surface area contributed by atoms with Gasteiger partial charge >= 0.3 is 5.51 Å². The number of H-pyrrole nitrogens is 1. The summed E-state index contributed by atoms with van der Waals surface area (Å²) >= 11 is -0.189. The Bertz CT molecular complexity index is 365. The summed E-state index contributed by atoms with van der Waals surface area (Å²) in [5.41, 5.74) is 1.10. The Kier molecular flexibility index (Phi) is 4.05. The van der Waals surface area contributed by atoms with Gasteiger partial charge in [0.2, 0.25) is 0 Å². The molecule has 1 rings (SSSR count). The van der Waals surface area contributed by atoms with Crippen molar-refractivity contribution in [3.05, 3.63) is 11.8 Å². The van der Waals surface area contributed by atoms with Crippen LogP contribution in [0.4, 0.5) is 19.0 Å². The third-order valence-corrected chi connectivity index (χ3v) is 2.23. The number of rotatable bonds is 4. The highest BCUT2D eigenvalue weighted by Gasteiger charge is 2.27. The van der Waals surface area contributed by atoms with E-state index in [9.17, 15) is 18.0 Å². The maximum atomic E-state index is 11.7. The van der Waals surface area contributed by atoms with Crippen molar-refractivity contribution in [2.45, 2.75) is 5.51 Å². The predicted octanol–water partition coefficient (Wildman–Crippen LogP) is 0.975. The number of aromatic amines is 1. The number of alkyl halides is 3. The lowest BCUT2D eigenvalue weighted by atomic mass is 10.4. The molecule has 0 aliphatic carbocycles. The lowest BCUT2D eigenvalue weighted by molar-refractivity contribution is -0.0327. The SMILES string of the molecule is Nc1cc(C(=O)NCCSC(F)(F)F)[nH]n1. The highest BCUT2D eigenvalue weighted by molar-refractivity contribution is 8.00. The Labute approximate surface area is 93.0 Å². The third kappa shape index (κ3) is 4.43. The third-order valence-electron chi connectivity index (χ3n) is 1.50. The number of carbonyl (C=O) groups excluding carboxylic acids is 1. The Morgan fingerprint density at radius 3 is 2.81 bits per heavy atom. The molecule has 0 aliphatic rings. The number of hydrogen-bond acceptors (Lipinski definition) is 4. The van der Waals surface area contributed by atoms with Crippen molar-refractivity contribution in [1.29, 1.82) is 0 Å². The van der Waals surface area contributed by atoms with E-state index in [0.29, 0.717) is 0 Å². The number of thioether (sulfide) groups is 1. The van der Waals surface area contributed by atoms with Crippen LogP contribution in [0, 0.1) is 0 Å². The van der Waals surface area contributed by atoms with Gasteiger partial charge in [0.25, 0.3) is 5.91 Å². The lowest BCUT2D eigenvalue weighted by Gasteiger charge is -2.05. The first-order chi connectivity index (χ1) is 7.38. The number of nitrogens with two attached hydrogens (primary N) is 1. The van der Waals surface area contributed by atoms with Gasteiger partial charge in [0.15, 0.2) is 0 Å². The summed E-state index contributed by atoms with van der Waals surface area (Å²) in [6.07, 6.45) is 0. The van der Waals surface area contributed by atoms with E-state index >= 15 is 0 Å². The van der Waals surface area contributed by atoms with Crippen LogP contribution in [0.5, 0.6) is 0 Å². The number of anilines is 1. The topological polar surface area (TPSA) is 83.8 Å². The first-order valence-electron chi connectivity index (χ1n) is 4.18. The summed E-state index contributed by atoms with van der Waals surface area (Å²) in [7, 11) is 0. The van der Waals surface area contributed by atoms with Gasteiger partial charge in [-0.05, 0) is 11.8 Å². The standard InChI is InChI=1S/C7H9F3N4OS/c8-7(9,10)16-2-1-12-6(15)4-3-5(11)14-13-4/h3H,1-2H2,(H,12,15)(H3,11,13,14). The Balaban J connectivity index is 2.26. The van der Waals surface area contributed by atoms with Gasteiger partial charge in [0, 0.05) is 18.4 Å². The minimum atomic E-state index is -4.27. The first-order valence-corrected chi connectivity index (χ1v) is 5.17. The van der Waals surface area contributed by atoms with E-state index in [0.717, 1.165) is 0 Å². The summed E-state index contributed by atoms with van der Waals surface area (Å²) in [6, 6.07) is 1.30. The van der Waals surface area contributed by atoms with E-state index in [4.69, 9.17) is 5.73 Å². The summed E-state index contributed by atoms with van der Waals surface area (Å²) in [4.78, 5) is 11.3. The van der Waals surface area contributed by atoms with E-state index in [-0.39, 0.29) is 35.6 Å². The van der Waals surface area contributed by atoms with Crippen molar-refractivity contribution in [2.24, 2.45) is 0 Å². The highest BCUT2D eigenvalue weighted by Crippen LogP contribution is 2.29. The maximum Gasteiger partial charge on any atom is 0.441 e. The summed E-state index contributed by atoms with van der Waals surface area (Å²) in [5.74, 6) is -0.624. The zero-order valence-corrected chi connectivity index (χ0v) is 8.78.